The summed E-state index contributed by atoms with van der Waals surface area (Å²) in [7, 11) is 1.20. The minimum Gasteiger partial charge on any atom is -0.465 e. The summed E-state index contributed by atoms with van der Waals surface area (Å²) >= 11 is 0. The van der Waals surface area contributed by atoms with Crippen LogP contribution in [0.3, 0.4) is 0 Å². The molecular weight excluding hydrogens is 388 g/mol. The van der Waals surface area contributed by atoms with E-state index in [-0.39, 0.29) is 17.1 Å². The number of anilines is 1. The first kappa shape index (κ1) is 20.5. The number of carbonyl (C=O) groups is 2. The van der Waals surface area contributed by atoms with Crippen LogP contribution in [0.5, 0.6) is 0 Å². The second kappa shape index (κ2) is 8.45. The third-order valence-electron chi connectivity index (χ3n) is 4.28. The Balaban J connectivity index is 1.77. The Labute approximate surface area is 163 Å². The van der Waals surface area contributed by atoms with Gasteiger partial charge in [0.05, 0.1) is 19.3 Å². The number of hydrogen-bond acceptors (Lipinski definition) is 10. The number of aromatic nitrogens is 3. The van der Waals surface area contributed by atoms with Gasteiger partial charge in [-0.1, -0.05) is 0 Å². The van der Waals surface area contributed by atoms with Crippen molar-refractivity contribution in [2.45, 2.75) is 24.5 Å². The van der Waals surface area contributed by atoms with Gasteiger partial charge in [0.2, 0.25) is 0 Å². The van der Waals surface area contributed by atoms with Crippen molar-refractivity contribution >= 4 is 17.7 Å². The van der Waals surface area contributed by atoms with Gasteiger partial charge in [0, 0.05) is 12.4 Å². The van der Waals surface area contributed by atoms with E-state index in [0.717, 1.165) is 4.57 Å². The number of methoxy groups -OCH3 is 1. The van der Waals surface area contributed by atoms with E-state index in [9.17, 15) is 24.6 Å². The molecule has 2 aromatic heterocycles. The molecule has 0 radical (unpaired) electrons. The summed E-state index contributed by atoms with van der Waals surface area (Å²) in [6.45, 7) is -0.539. The normalized spacial score (nSPS) is 23.6. The SMILES string of the molecule is COC(=O)c1ccnc(C(=O)Nc2ccn(C3OC(CO)C(O)C3O)c(=O)n2)c1. The molecule has 3 rings (SSSR count). The van der Waals surface area contributed by atoms with E-state index in [0.29, 0.717) is 0 Å². The fourth-order valence-electron chi connectivity index (χ4n) is 2.77. The maximum atomic E-state index is 12.3. The molecule has 4 unspecified atom stereocenters. The molecule has 0 saturated carbocycles. The van der Waals surface area contributed by atoms with Crippen molar-refractivity contribution in [2.75, 3.05) is 19.0 Å². The van der Waals surface area contributed by atoms with Crippen LogP contribution in [0.4, 0.5) is 5.82 Å². The maximum absolute atomic E-state index is 12.3. The molecule has 1 aliphatic heterocycles. The first-order chi connectivity index (χ1) is 13.8. The monoisotopic (exact) mass is 406 g/mol. The second-order valence-corrected chi connectivity index (χ2v) is 6.11. The Morgan fingerprint density at radius 3 is 2.69 bits per heavy atom. The van der Waals surface area contributed by atoms with Crippen molar-refractivity contribution in [1.29, 1.82) is 0 Å². The summed E-state index contributed by atoms with van der Waals surface area (Å²) in [5, 5.41) is 31.3. The number of hydrogen-bond donors (Lipinski definition) is 4. The minimum atomic E-state index is -1.45. The van der Waals surface area contributed by atoms with Gasteiger partial charge in [0.15, 0.2) is 6.23 Å². The van der Waals surface area contributed by atoms with Crippen LogP contribution in [0.15, 0.2) is 35.4 Å². The van der Waals surface area contributed by atoms with E-state index >= 15 is 0 Å². The number of esters is 1. The third-order valence-corrected chi connectivity index (χ3v) is 4.28. The lowest BCUT2D eigenvalue weighted by Gasteiger charge is -2.17. The summed E-state index contributed by atoms with van der Waals surface area (Å²) in [6, 6.07) is 3.88. The summed E-state index contributed by atoms with van der Waals surface area (Å²) in [5.74, 6) is -1.46. The molecule has 1 fully saturated rings. The fraction of sp³-hybridized carbons (Fsp3) is 0.353. The van der Waals surface area contributed by atoms with Crippen molar-refractivity contribution in [3.8, 4) is 0 Å². The first-order valence-electron chi connectivity index (χ1n) is 8.43. The van der Waals surface area contributed by atoms with Gasteiger partial charge in [0.25, 0.3) is 5.91 Å². The Bertz CT molecular complexity index is 978. The molecule has 0 aliphatic carbocycles. The van der Waals surface area contributed by atoms with E-state index in [4.69, 9.17) is 9.84 Å². The van der Waals surface area contributed by atoms with Gasteiger partial charge in [-0.15, -0.1) is 0 Å². The Morgan fingerprint density at radius 1 is 1.31 bits per heavy atom. The smallest absolute Gasteiger partial charge is 0.351 e. The molecule has 12 nitrogen and oxygen atoms in total. The number of amides is 1. The highest BCUT2D eigenvalue weighted by molar-refractivity contribution is 6.03. The number of rotatable bonds is 5. The van der Waals surface area contributed by atoms with Crippen LogP contribution >= 0.6 is 0 Å². The lowest BCUT2D eigenvalue weighted by atomic mass is 10.1. The van der Waals surface area contributed by atoms with Gasteiger partial charge in [-0.3, -0.25) is 14.3 Å². The summed E-state index contributed by atoms with van der Waals surface area (Å²) in [4.78, 5) is 43.7. The molecule has 0 spiro atoms. The average Bonchev–Trinajstić information content (AvgIpc) is 3.01. The van der Waals surface area contributed by atoms with Gasteiger partial charge in [0.1, 0.15) is 29.8 Å². The van der Waals surface area contributed by atoms with E-state index in [2.05, 4.69) is 20.0 Å². The number of nitrogens with one attached hydrogen (secondary N) is 1. The second-order valence-electron chi connectivity index (χ2n) is 6.11. The molecule has 12 heteroatoms. The molecule has 1 amide bonds. The highest BCUT2D eigenvalue weighted by Gasteiger charge is 2.43. The van der Waals surface area contributed by atoms with Crippen LogP contribution in [0.2, 0.25) is 0 Å². The summed E-state index contributed by atoms with van der Waals surface area (Å²) in [5.41, 5.74) is -0.836. The van der Waals surface area contributed by atoms with Gasteiger partial charge in [-0.2, -0.15) is 4.98 Å². The van der Waals surface area contributed by atoms with E-state index in [1.54, 1.807) is 0 Å². The number of carbonyl (C=O) groups excluding carboxylic acids is 2. The van der Waals surface area contributed by atoms with Crippen LogP contribution < -0.4 is 11.0 Å². The molecule has 29 heavy (non-hydrogen) atoms. The highest BCUT2D eigenvalue weighted by atomic mass is 16.6. The van der Waals surface area contributed by atoms with Gasteiger partial charge < -0.3 is 30.1 Å². The molecule has 4 N–H and O–H groups in total. The number of ether oxygens (including phenoxy) is 2. The molecule has 1 saturated heterocycles. The predicted octanol–water partition coefficient (Wildman–Crippen LogP) is -1.71. The molecule has 4 atom stereocenters. The molecule has 0 aromatic carbocycles. The van der Waals surface area contributed by atoms with Gasteiger partial charge in [-0.05, 0) is 18.2 Å². The predicted molar refractivity (Wildman–Crippen MR) is 95.0 cm³/mol. The lowest BCUT2D eigenvalue weighted by molar-refractivity contribution is -0.0549. The Hall–Kier alpha value is -3.19. The van der Waals surface area contributed by atoms with Crippen LogP contribution in [0.25, 0.3) is 0 Å². The van der Waals surface area contributed by atoms with E-state index < -0.39 is 48.7 Å². The number of aliphatic hydroxyl groups is 3. The first-order valence-corrected chi connectivity index (χ1v) is 8.43. The van der Waals surface area contributed by atoms with Gasteiger partial charge >= 0.3 is 11.7 Å². The van der Waals surface area contributed by atoms with Crippen molar-refractivity contribution in [1.82, 2.24) is 14.5 Å². The highest BCUT2D eigenvalue weighted by Crippen LogP contribution is 2.28. The van der Waals surface area contributed by atoms with Crippen molar-refractivity contribution in [2.24, 2.45) is 0 Å². The number of nitrogens with zero attached hydrogens (tertiary/aromatic N) is 3. The van der Waals surface area contributed by atoms with Gasteiger partial charge in [-0.25, -0.2) is 9.59 Å². The molecule has 3 heterocycles. The quantitative estimate of drug-likeness (QED) is 0.419. The Morgan fingerprint density at radius 2 is 2.07 bits per heavy atom. The zero-order valence-electron chi connectivity index (χ0n) is 15.1. The van der Waals surface area contributed by atoms with Crippen LogP contribution in [0, 0.1) is 0 Å². The summed E-state index contributed by atoms with van der Waals surface area (Å²) in [6.07, 6.45) is -2.64. The molecule has 2 aromatic rings. The van der Waals surface area contributed by atoms with E-state index in [1.165, 1.54) is 37.7 Å². The van der Waals surface area contributed by atoms with Crippen LogP contribution in [-0.4, -0.2) is 73.8 Å². The van der Waals surface area contributed by atoms with Crippen molar-refractivity contribution in [3.63, 3.8) is 0 Å². The maximum Gasteiger partial charge on any atom is 0.351 e. The van der Waals surface area contributed by atoms with Crippen LogP contribution in [-0.2, 0) is 9.47 Å². The molecule has 154 valence electrons. The number of aliphatic hydroxyl groups excluding tert-OH is 3. The molecular formula is C17H18N4O8. The molecule has 0 bridgehead atoms. The third kappa shape index (κ3) is 4.14. The zero-order valence-corrected chi connectivity index (χ0v) is 15.1. The van der Waals surface area contributed by atoms with Crippen LogP contribution in [0.1, 0.15) is 27.1 Å². The average molecular weight is 406 g/mol. The topological polar surface area (TPSA) is 173 Å². The Kier molecular flexibility index (Phi) is 5.98. The fourth-order valence-corrected chi connectivity index (χ4v) is 2.77. The minimum absolute atomic E-state index is 0.0951. The summed E-state index contributed by atoms with van der Waals surface area (Å²) < 4.78 is 10.8. The molecule has 1 aliphatic rings. The van der Waals surface area contributed by atoms with E-state index in [1.807, 2.05) is 0 Å². The zero-order chi connectivity index (χ0) is 21.1. The lowest BCUT2D eigenvalue weighted by Crippen LogP contribution is -2.36. The number of pyridine rings is 1. The van der Waals surface area contributed by atoms with Crippen molar-refractivity contribution in [3.05, 3.63) is 52.3 Å². The van der Waals surface area contributed by atoms with Crippen molar-refractivity contribution < 1.29 is 34.4 Å². The largest absolute Gasteiger partial charge is 0.465 e. The standard InChI is InChI=1S/C17H18N4O8/c1-28-16(26)8-2-4-18-9(6-8)14(25)19-11-3-5-21(17(27)20-11)15-13(24)12(23)10(7-22)29-15/h2-6,10,12-13,15,22-24H,7H2,1H3,(H,19,20,25,27).